The number of hydrogen-bond acceptors (Lipinski definition) is 5. The molecule has 5 nitrogen and oxygen atoms in total. The predicted octanol–water partition coefficient (Wildman–Crippen LogP) is 2.34. The van der Waals surface area contributed by atoms with Gasteiger partial charge in [-0.25, -0.2) is 4.68 Å². The van der Waals surface area contributed by atoms with Gasteiger partial charge in [0, 0.05) is 30.5 Å². The molecule has 0 aliphatic rings. The largest absolute Gasteiger partial charge is 0.370 e. The fourth-order valence-corrected chi connectivity index (χ4v) is 2.04. The van der Waals surface area contributed by atoms with Crippen LogP contribution in [-0.4, -0.2) is 19.4 Å². The molecule has 3 aromatic rings. The van der Waals surface area contributed by atoms with Crippen molar-refractivity contribution < 1.29 is 0 Å². The minimum atomic E-state index is 0.767. The van der Waals surface area contributed by atoms with Gasteiger partial charge >= 0.3 is 0 Å². The summed E-state index contributed by atoms with van der Waals surface area (Å²) in [6.45, 7) is 0.767. The van der Waals surface area contributed by atoms with Crippen LogP contribution in [0, 0.1) is 0 Å². The van der Waals surface area contributed by atoms with E-state index in [1.165, 1.54) is 17.1 Å². The maximum atomic E-state index is 4.19. The Morgan fingerprint density at radius 1 is 1.22 bits per heavy atom. The van der Waals surface area contributed by atoms with Crippen molar-refractivity contribution in [3.63, 3.8) is 0 Å². The van der Waals surface area contributed by atoms with Crippen molar-refractivity contribution in [2.45, 2.75) is 6.54 Å². The van der Waals surface area contributed by atoms with Gasteiger partial charge in [0.1, 0.15) is 5.00 Å². The smallest absolute Gasteiger partial charge is 0.130 e. The van der Waals surface area contributed by atoms with Crippen molar-refractivity contribution >= 4 is 16.5 Å². The summed E-state index contributed by atoms with van der Waals surface area (Å²) in [4.78, 5) is 0. The zero-order valence-corrected chi connectivity index (χ0v) is 10.3. The third kappa shape index (κ3) is 2.38. The first-order chi connectivity index (χ1) is 8.92. The van der Waals surface area contributed by atoms with Crippen LogP contribution < -0.4 is 5.32 Å². The van der Waals surface area contributed by atoms with Gasteiger partial charge in [0.2, 0.25) is 0 Å². The molecule has 0 saturated heterocycles. The van der Waals surface area contributed by atoms with E-state index in [9.17, 15) is 0 Å². The maximum absolute atomic E-state index is 4.19. The fourth-order valence-electron chi connectivity index (χ4n) is 1.62. The summed E-state index contributed by atoms with van der Waals surface area (Å²) >= 11 is 1.36. The zero-order chi connectivity index (χ0) is 12.2. The van der Waals surface area contributed by atoms with Crippen LogP contribution in [0.25, 0.3) is 5.69 Å². The molecule has 0 saturated carbocycles. The summed E-state index contributed by atoms with van der Waals surface area (Å²) in [7, 11) is 0. The standard InChI is InChI=1S/C12H11N5S/c1-6-15-17(7-1)11-4-2-10(3-5-11)8-13-12-9-14-16-18-12/h1-7,9,13H,8H2. The van der Waals surface area contributed by atoms with Gasteiger partial charge in [-0.3, -0.25) is 0 Å². The molecule has 0 bridgehead atoms. The monoisotopic (exact) mass is 257 g/mol. The van der Waals surface area contributed by atoms with Crippen LogP contribution in [0.4, 0.5) is 5.00 Å². The molecule has 0 aliphatic carbocycles. The van der Waals surface area contributed by atoms with Gasteiger partial charge in [-0.2, -0.15) is 5.10 Å². The second-order valence-electron chi connectivity index (χ2n) is 3.75. The highest BCUT2D eigenvalue weighted by atomic mass is 32.1. The van der Waals surface area contributed by atoms with Gasteiger partial charge in [-0.05, 0) is 23.8 Å². The van der Waals surface area contributed by atoms with E-state index in [0.717, 1.165) is 17.2 Å². The third-order valence-electron chi connectivity index (χ3n) is 2.53. The van der Waals surface area contributed by atoms with Gasteiger partial charge in [0.25, 0.3) is 0 Å². The summed E-state index contributed by atoms with van der Waals surface area (Å²) in [5.74, 6) is 0. The lowest BCUT2D eigenvalue weighted by atomic mass is 10.2. The molecule has 2 heterocycles. The predicted molar refractivity (Wildman–Crippen MR) is 70.8 cm³/mol. The Morgan fingerprint density at radius 2 is 2.11 bits per heavy atom. The number of hydrogen-bond donors (Lipinski definition) is 1. The van der Waals surface area contributed by atoms with Crippen LogP contribution in [0.1, 0.15) is 5.56 Å². The molecule has 0 unspecified atom stereocenters. The maximum Gasteiger partial charge on any atom is 0.130 e. The molecule has 0 radical (unpaired) electrons. The Hall–Kier alpha value is -2.21. The van der Waals surface area contributed by atoms with E-state index in [4.69, 9.17) is 0 Å². The van der Waals surface area contributed by atoms with E-state index in [2.05, 4.69) is 44.3 Å². The number of nitrogens with zero attached hydrogens (tertiary/aromatic N) is 4. The van der Waals surface area contributed by atoms with Crippen LogP contribution in [0.2, 0.25) is 0 Å². The Bertz CT molecular complexity index is 586. The minimum absolute atomic E-state index is 0.767. The van der Waals surface area contributed by atoms with E-state index in [1.807, 2.05) is 16.9 Å². The Labute approximate surface area is 108 Å². The highest BCUT2D eigenvalue weighted by Crippen LogP contribution is 2.13. The van der Waals surface area contributed by atoms with E-state index in [-0.39, 0.29) is 0 Å². The molecular weight excluding hydrogens is 246 g/mol. The van der Waals surface area contributed by atoms with E-state index in [0.29, 0.717) is 0 Å². The molecule has 6 heteroatoms. The molecule has 0 aliphatic heterocycles. The van der Waals surface area contributed by atoms with Gasteiger partial charge in [0.05, 0.1) is 11.9 Å². The second kappa shape index (κ2) is 4.97. The number of benzene rings is 1. The lowest BCUT2D eigenvalue weighted by molar-refractivity contribution is 0.879. The molecule has 0 spiro atoms. The van der Waals surface area contributed by atoms with Gasteiger partial charge in [0.15, 0.2) is 0 Å². The Balaban J connectivity index is 1.68. The van der Waals surface area contributed by atoms with Gasteiger partial charge < -0.3 is 5.32 Å². The first-order valence-electron chi connectivity index (χ1n) is 5.52. The van der Waals surface area contributed by atoms with E-state index < -0.39 is 0 Å². The van der Waals surface area contributed by atoms with Gasteiger partial charge in [-0.15, -0.1) is 5.10 Å². The normalized spacial score (nSPS) is 10.4. The topological polar surface area (TPSA) is 55.6 Å². The third-order valence-corrected chi connectivity index (χ3v) is 3.16. The highest BCUT2D eigenvalue weighted by molar-refractivity contribution is 7.09. The average Bonchev–Trinajstić information content (AvgIpc) is 3.10. The van der Waals surface area contributed by atoms with Crippen molar-refractivity contribution in [2.24, 2.45) is 0 Å². The number of anilines is 1. The van der Waals surface area contributed by atoms with Crippen LogP contribution in [0.15, 0.2) is 48.9 Å². The molecule has 1 aromatic carbocycles. The SMILES string of the molecule is c1cnn(-c2ccc(CNc3cnns3)cc2)c1. The van der Waals surface area contributed by atoms with Gasteiger partial charge in [-0.1, -0.05) is 16.6 Å². The van der Waals surface area contributed by atoms with Crippen LogP contribution in [0.5, 0.6) is 0 Å². The molecule has 1 N–H and O–H groups in total. The first-order valence-corrected chi connectivity index (χ1v) is 6.29. The molecule has 3 rings (SSSR count). The number of nitrogens with one attached hydrogen (secondary N) is 1. The molecular formula is C12H11N5S. The van der Waals surface area contributed by atoms with E-state index in [1.54, 1.807) is 12.4 Å². The minimum Gasteiger partial charge on any atom is -0.370 e. The number of rotatable bonds is 4. The van der Waals surface area contributed by atoms with Crippen molar-refractivity contribution in [1.29, 1.82) is 0 Å². The van der Waals surface area contributed by atoms with E-state index >= 15 is 0 Å². The lowest BCUT2D eigenvalue weighted by Gasteiger charge is -2.05. The zero-order valence-electron chi connectivity index (χ0n) is 9.52. The first kappa shape index (κ1) is 10.9. The lowest BCUT2D eigenvalue weighted by Crippen LogP contribution is -1.99. The van der Waals surface area contributed by atoms with Crippen molar-refractivity contribution in [3.8, 4) is 5.69 Å². The highest BCUT2D eigenvalue weighted by Gasteiger charge is 1.98. The molecule has 90 valence electrons. The summed E-state index contributed by atoms with van der Waals surface area (Å²) < 4.78 is 5.64. The fraction of sp³-hybridized carbons (Fsp3) is 0.0833. The van der Waals surface area contributed by atoms with Crippen molar-refractivity contribution in [2.75, 3.05) is 5.32 Å². The summed E-state index contributed by atoms with van der Waals surface area (Å²) in [6, 6.07) is 10.2. The summed E-state index contributed by atoms with van der Waals surface area (Å²) in [5.41, 5.74) is 2.27. The molecule has 0 atom stereocenters. The molecule has 0 fully saturated rings. The Kier molecular flexibility index (Phi) is 3.01. The van der Waals surface area contributed by atoms with Crippen LogP contribution >= 0.6 is 11.5 Å². The van der Waals surface area contributed by atoms with Crippen LogP contribution in [-0.2, 0) is 6.54 Å². The molecule has 18 heavy (non-hydrogen) atoms. The Morgan fingerprint density at radius 3 is 2.78 bits per heavy atom. The molecule has 2 aromatic heterocycles. The van der Waals surface area contributed by atoms with Crippen LogP contribution in [0.3, 0.4) is 0 Å². The summed E-state index contributed by atoms with van der Waals surface area (Å²) in [5, 5.41) is 12.2. The van der Waals surface area contributed by atoms with Crippen molar-refractivity contribution in [3.05, 3.63) is 54.5 Å². The average molecular weight is 257 g/mol. The quantitative estimate of drug-likeness (QED) is 0.779. The summed E-state index contributed by atoms with van der Waals surface area (Å²) in [6.07, 6.45) is 5.42. The molecule has 0 amide bonds. The van der Waals surface area contributed by atoms with Crippen molar-refractivity contribution in [1.82, 2.24) is 19.4 Å². The second-order valence-corrected chi connectivity index (χ2v) is 4.54. The number of aromatic nitrogens is 4.